The lowest BCUT2D eigenvalue weighted by molar-refractivity contribution is -0.138. The highest BCUT2D eigenvalue weighted by atomic mass is 35.5. The zero-order chi connectivity index (χ0) is 27.4. The van der Waals surface area contributed by atoms with Crippen molar-refractivity contribution in [3.63, 3.8) is 0 Å². The lowest BCUT2D eigenvalue weighted by atomic mass is 10.1. The molecule has 8 nitrogen and oxygen atoms in total. The van der Waals surface area contributed by atoms with E-state index in [0.29, 0.717) is 30.0 Å². The standard InChI is InChI=1S/C23H24ClF3N2O6S2/c24-17-8-12-21(13-9-17)37(34,35)29-15-18(14-19(29)4-2-1-3-5-22(30)31)28-36(32,33)20-10-6-16(7-11-20)23(25,26)27/h2,4,6-13,18-19,28H,1,3,5,14-15H2,(H,30,31)/t18-,19-/m1/s1. The second-order valence-corrected chi connectivity index (χ2v) is 12.4. The lowest BCUT2D eigenvalue weighted by Gasteiger charge is -2.22. The summed E-state index contributed by atoms with van der Waals surface area (Å²) >= 11 is 5.86. The van der Waals surface area contributed by atoms with Crippen LogP contribution >= 0.6 is 11.6 Å². The van der Waals surface area contributed by atoms with Crippen molar-refractivity contribution in [3.8, 4) is 0 Å². The van der Waals surface area contributed by atoms with Crippen LogP contribution in [-0.4, -0.2) is 50.8 Å². The number of halogens is 4. The molecule has 1 aliphatic rings. The molecule has 0 spiro atoms. The van der Waals surface area contributed by atoms with Gasteiger partial charge in [0.25, 0.3) is 0 Å². The van der Waals surface area contributed by atoms with Crippen LogP contribution in [0.2, 0.25) is 5.02 Å². The van der Waals surface area contributed by atoms with Gasteiger partial charge in [-0.25, -0.2) is 21.6 Å². The van der Waals surface area contributed by atoms with Crippen LogP contribution in [-0.2, 0) is 31.0 Å². The van der Waals surface area contributed by atoms with E-state index in [0.717, 1.165) is 16.4 Å². The van der Waals surface area contributed by atoms with Crippen molar-refractivity contribution in [3.05, 3.63) is 71.3 Å². The molecule has 1 fully saturated rings. The molecule has 2 aromatic rings. The first-order valence-corrected chi connectivity index (χ1v) is 14.4. The molecule has 202 valence electrons. The Morgan fingerprint density at radius 3 is 2.22 bits per heavy atom. The fourth-order valence-electron chi connectivity index (χ4n) is 3.85. The molecule has 2 aromatic carbocycles. The number of sulfonamides is 2. The highest BCUT2D eigenvalue weighted by Crippen LogP contribution is 2.31. The van der Waals surface area contributed by atoms with Crippen LogP contribution < -0.4 is 4.72 Å². The van der Waals surface area contributed by atoms with E-state index in [1.807, 2.05) is 0 Å². The largest absolute Gasteiger partial charge is 0.481 e. The topological polar surface area (TPSA) is 121 Å². The third-order valence-corrected chi connectivity index (χ3v) is 9.34. The molecule has 3 rings (SSSR count). The Morgan fingerprint density at radius 1 is 1.05 bits per heavy atom. The predicted molar refractivity (Wildman–Crippen MR) is 130 cm³/mol. The summed E-state index contributed by atoms with van der Waals surface area (Å²) < 4.78 is 94.3. The maximum atomic E-state index is 13.3. The van der Waals surface area contributed by atoms with E-state index in [2.05, 4.69) is 4.72 Å². The van der Waals surface area contributed by atoms with E-state index in [4.69, 9.17) is 16.7 Å². The number of carboxylic acids is 1. The van der Waals surface area contributed by atoms with Gasteiger partial charge in [-0.15, -0.1) is 0 Å². The van der Waals surface area contributed by atoms with Crippen molar-refractivity contribution in [2.75, 3.05) is 6.54 Å². The van der Waals surface area contributed by atoms with E-state index in [-0.39, 0.29) is 29.2 Å². The molecule has 0 bridgehead atoms. The molecular formula is C23H24ClF3N2O6S2. The molecule has 0 amide bonds. The fourth-order valence-corrected chi connectivity index (χ4v) is 6.86. The van der Waals surface area contributed by atoms with Gasteiger partial charge in [0.1, 0.15) is 0 Å². The first-order valence-electron chi connectivity index (χ1n) is 11.1. The van der Waals surface area contributed by atoms with E-state index in [1.54, 1.807) is 12.2 Å². The molecule has 0 radical (unpaired) electrons. The summed E-state index contributed by atoms with van der Waals surface area (Å²) in [5, 5.41) is 9.10. The average Bonchev–Trinajstić information content (AvgIpc) is 3.21. The smallest absolute Gasteiger partial charge is 0.416 e. The number of nitrogens with one attached hydrogen (secondary N) is 1. The van der Waals surface area contributed by atoms with Crippen LogP contribution in [0.15, 0.2) is 70.5 Å². The number of benzene rings is 2. The van der Waals surface area contributed by atoms with Crippen molar-refractivity contribution >= 4 is 37.6 Å². The van der Waals surface area contributed by atoms with Gasteiger partial charge in [0.05, 0.1) is 15.4 Å². The summed E-state index contributed by atoms with van der Waals surface area (Å²) in [7, 11) is -8.32. The molecule has 37 heavy (non-hydrogen) atoms. The summed E-state index contributed by atoms with van der Waals surface area (Å²) in [5.41, 5.74) is -0.999. The van der Waals surface area contributed by atoms with Crippen molar-refractivity contribution < 1.29 is 39.9 Å². The van der Waals surface area contributed by atoms with Gasteiger partial charge >= 0.3 is 12.1 Å². The highest BCUT2D eigenvalue weighted by Gasteiger charge is 2.40. The van der Waals surface area contributed by atoms with Gasteiger partial charge in [0.15, 0.2) is 0 Å². The third kappa shape index (κ3) is 7.54. The van der Waals surface area contributed by atoms with Gasteiger partial charge in [0, 0.05) is 30.1 Å². The molecule has 0 aliphatic carbocycles. The van der Waals surface area contributed by atoms with E-state index >= 15 is 0 Å². The normalized spacial score (nSPS) is 19.5. The maximum Gasteiger partial charge on any atom is 0.416 e. The minimum absolute atomic E-state index is 0.0487. The Labute approximate surface area is 217 Å². The van der Waals surface area contributed by atoms with Crippen molar-refractivity contribution in [1.29, 1.82) is 0 Å². The van der Waals surface area contributed by atoms with Gasteiger partial charge in [-0.1, -0.05) is 23.8 Å². The predicted octanol–water partition coefficient (Wildman–Crippen LogP) is 4.28. The van der Waals surface area contributed by atoms with Crippen LogP contribution in [0.4, 0.5) is 13.2 Å². The Kier molecular flexibility index (Phi) is 9.06. The van der Waals surface area contributed by atoms with Crippen molar-refractivity contribution in [2.24, 2.45) is 0 Å². The zero-order valence-electron chi connectivity index (χ0n) is 19.2. The first-order chi connectivity index (χ1) is 17.2. The molecule has 1 aliphatic heterocycles. The number of carbonyl (C=O) groups is 1. The number of hydrogen-bond acceptors (Lipinski definition) is 5. The number of carboxylic acid groups (broad SMARTS) is 1. The number of allylic oxidation sites excluding steroid dienone is 1. The van der Waals surface area contributed by atoms with Crippen LogP contribution in [0, 0.1) is 0 Å². The Bertz CT molecular complexity index is 1350. The Hall–Kier alpha value is -2.45. The maximum absolute atomic E-state index is 13.3. The number of hydrogen-bond donors (Lipinski definition) is 2. The van der Waals surface area contributed by atoms with Crippen LogP contribution in [0.1, 0.15) is 31.2 Å². The minimum atomic E-state index is -4.62. The van der Waals surface area contributed by atoms with Gasteiger partial charge in [-0.05, 0) is 67.8 Å². The van der Waals surface area contributed by atoms with Gasteiger partial charge in [-0.3, -0.25) is 4.79 Å². The molecular weight excluding hydrogens is 557 g/mol. The molecule has 2 N–H and O–H groups in total. The molecule has 1 heterocycles. The molecule has 1 saturated heterocycles. The SMILES string of the molecule is O=C(O)CCCC=C[C@@H]1C[C@@H](NS(=O)(=O)c2ccc(C(F)(F)F)cc2)CN1S(=O)(=O)c1ccc(Cl)cc1. The quantitative estimate of drug-likeness (QED) is 0.320. The van der Waals surface area contributed by atoms with Gasteiger partial charge in [-0.2, -0.15) is 17.5 Å². The highest BCUT2D eigenvalue weighted by molar-refractivity contribution is 7.89. The van der Waals surface area contributed by atoms with E-state index in [9.17, 15) is 34.8 Å². The summed E-state index contributed by atoms with van der Waals surface area (Å²) in [5.74, 6) is -0.959. The number of alkyl halides is 3. The molecule has 0 aromatic heterocycles. The zero-order valence-corrected chi connectivity index (χ0v) is 21.6. The first kappa shape index (κ1) is 29.1. The van der Waals surface area contributed by atoms with Crippen molar-refractivity contribution in [2.45, 2.75) is 53.7 Å². The van der Waals surface area contributed by atoms with Crippen molar-refractivity contribution in [1.82, 2.24) is 9.03 Å². The molecule has 2 atom stereocenters. The van der Waals surface area contributed by atoms with Gasteiger partial charge < -0.3 is 5.11 Å². The summed E-state index contributed by atoms with van der Waals surface area (Å²) in [6, 6.07) is 6.83. The van der Waals surface area contributed by atoms with E-state index < -0.39 is 49.8 Å². The third-order valence-electron chi connectivity index (χ3n) is 5.65. The fraction of sp³-hybridized carbons (Fsp3) is 0.348. The number of aliphatic carboxylic acids is 1. The van der Waals surface area contributed by atoms with Gasteiger partial charge in [0.2, 0.25) is 20.0 Å². The number of nitrogens with zero attached hydrogens (tertiary/aromatic N) is 1. The minimum Gasteiger partial charge on any atom is -0.481 e. The Balaban J connectivity index is 1.82. The number of rotatable bonds is 10. The molecule has 14 heteroatoms. The van der Waals surface area contributed by atoms with Crippen LogP contribution in [0.3, 0.4) is 0 Å². The second-order valence-electron chi connectivity index (χ2n) is 8.39. The molecule has 0 saturated carbocycles. The number of unbranched alkanes of at least 4 members (excludes halogenated alkanes) is 1. The van der Waals surface area contributed by atoms with E-state index in [1.165, 1.54) is 24.3 Å². The van der Waals surface area contributed by atoms with Crippen LogP contribution in [0.25, 0.3) is 0 Å². The van der Waals surface area contributed by atoms with Crippen LogP contribution in [0.5, 0.6) is 0 Å². The monoisotopic (exact) mass is 580 g/mol. The summed E-state index contributed by atoms with van der Waals surface area (Å²) in [6.45, 7) is -0.227. The lowest BCUT2D eigenvalue weighted by Crippen LogP contribution is -2.39. The summed E-state index contributed by atoms with van der Waals surface area (Å²) in [6.07, 6.45) is -0.681. The average molecular weight is 581 g/mol. The molecule has 0 unspecified atom stereocenters. The second kappa shape index (κ2) is 11.5. The summed E-state index contributed by atoms with van der Waals surface area (Å²) in [4.78, 5) is 10.3. The Morgan fingerprint density at radius 2 is 1.65 bits per heavy atom.